The van der Waals surface area contributed by atoms with E-state index in [4.69, 9.17) is 30.9 Å². The van der Waals surface area contributed by atoms with Crippen LogP contribution in [0.3, 0.4) is 0 Å². The number of hydrogen-bond donors (Lipinski definition) is 0. The van der Waals surface area contributed by atoms with E-state index >= 15 is 0 Å². The van der Waals surface area contributed by atoms with Crippen molar-refractivity contribution in [2.24, 2.45) is 5.10 Å². The van der Waals surface area contributed by atoms with Crippen molar-refractivity contribution in [3.8, 4) is 17.2 Å². The van der Waals surface area contributed by atoms with Gasteiger partial charge in [0.1, 0.15) is 5.75 Å². The lowest BCUT2D eigenvalue weighted by molar-refractivity contribution is -0.0190. The molecule has 5 nitrogen and oxygen atoms in total. The van der Waals surface area contributed by atoms with Crippen LogP contribution in [0.4, 0.5) is 0 Å². The van der Waals surface area contributed by atoms with Gasteiger partial charge in [-0.25, -0.2) is 5.01 Å². The number of benzene rings is 3. The van der Waals surface area contributed by atoms with Gasteiger partial charge in [0.2, 0.25) is 6.23 Å². The van der Waals surface area contributed by atoms with Crippen molar-refractivity contribution in [3.05, 3.63) is 88.4 Å². The van der Waals surface area contributed by atoms with Crippen LogP contribution in [0.25, 0.3) is 0 Å². The minimum Gasteiger partial charge on any atom is -0.493 e. The molecule has 0 amide bonds. The third-order valence-corrected chi connectivity index (χ3v) is 5.79. The Kier molecular flexibility index (Phi) is 4.75. The van der Waals surface area contributed by atoms with Crippen molar-refractivity contribution in [1.29, 1.82) is 0 Å². The average molecular weight is 421 g/mol. The maximum absolute atomic E-state index is 6.37. The standard InChI is InChI=1S/C24H21ClN2O3/c1-28-22-10-8-16(12-23(22)29-2)19-14-20-18-13-17(25)9-11-21(18)30-24(27(20)26-19)15-6-4-3-5-7-15/h3-13,20,24H,14H2,1-2H3/t20-,24+/m0/s1. The smallest absolute Gasteiger partial charge is 0.213 e. The molecule has 2 heterocycles. The Morgan fingerprint density at radius 1 is 0.967 bits per heavy atom. The van der Waals surface area contributed by atoms with Crippen LogP contribution in [0.1, 0.15) is 35.4 Å². The summed E-state index contributed by atoms with van der Waals surface area (Å²) in [6, 6.07) is 21.9. The van der Waals surface area contributed by atoms with Crippen LogP contribution in [-0.4, -0.2) is 24.9 Å². The second-order valence-corrected chi connectivity index (χ2v) is 7.72. The lowest BCUT2D eigenvalue weighted by atomic mass is 9.95. The summed E-state index contributed by atoms with van der Waals surface area (Å²) in [6.07, 6.45) is 0.442. The third kappa shape index (κ3) is 3.15. The van der Waals surface area contributed by atoms with E-state index in [0.717, 1.165) is 34.6 Å². The minimum atomic E-state index is -0.303. The first-order chi connectivity index (χ1) is 14.7. The van der Waals surface area contributed by atoms with E-state index in [2.05, 4.69) is 12.1 Å². The van der Waals surface area contributed by atoms with Gasteiger partial charge in [-0.15, -0.1) is 0 Å². The maximum atomic E-state index is 6.37. The zero-order valence-corrected chi connectivity index (χ0v) is 17.5. The number of methoxy groups -OCH3 is 2. The highest BCUT2D eigenvalue weighted by molar-refractivity contribution is 6.30. The number of hydrogen-bond acceptors (Lipinski definition) is 5. The molecule has 30 heavy (non-hydrogen) atoms. The number of rotatable bonds is 4. The summed E-state index contributed by atoms with van der Waals surface area (Å²) in [5.74, 6) is 2.22. The van der Waals surface area contributed by atoms with Gasteiger partial charge in [-0.05, 0) is 36.4 Å². The van der Waals surface area contributed by atoms with E-state index in [1.165, 1.54) is 0 Å². The predicted octanol–water partition coefficient (Wildman–Crippen LogP) is 5.60. The molecule has 0 fully saturated rings. The van der Waals surface area contributed by atoms with Crippen molar-refractivity contribution < 1.29 is 14.2 Å². The van der Waals surface area contributed by atoms with Crippen molar-refractivity contribution >= 4 is 17.3 Å². The number of nitrogens with zero attached hydrogens (tertiary/aromatic N) is 2. The first-order valence-corrected chi connectivity index (χ1v) is 10.1. The van der Waals surface area contributed by atoms with Gasteiger partial charge in [0.25, 0.3) is 0 Å². The maximum Gasteiger partial charge on any atom is 0.213 e. The molecule has 0 spiro atoms. The first-order valence-electron chi connectivity index (χ1n) is 9.77. The van der Waals surface area contributed by atoms with Gasteiger partial charge in [-0.1, -0.05) is 41.9 Å². The van der Waals surface area contributed by atoms with Crippen molar-refractivity contribution in [3.63, 3.8) is 0 Å². The van der Waals surface area contributed by atoms with E-state index in [0.29, 0.717) is 16.5 Å². The Balaban J connectivity index is 1.58. The topological polar surface area (TPSA) is 43.3 Å². The third-order valence-electron chi connectivity index (χ3n) is 5.55. The highest BCUT2D eigenvalue weighted by atomic mass is 35.5. The van der Waals surface area contributed by atoms with Crippen LogP contribution in [-0.2, 0) is 0 Å². The number of hydrazone groups is 1. The van der Waals surface area contributed by atoms with Crippen molar-refractivity contribution in [2.45, 2.75) is 18.7 Å². The van der Waals surface area contributed by atoms with Gasteiger partial charge in [0.05, 0.1) is 26.0 Å². The summed E-state index contributed by atoms with van der Waals surface area (Å²) in [6.45, 7) is 0. The summed E-state index contributed by atoms with van der Waals surface area (Å²) in [7, 11) is 3.27. The lowest BCUT2D eigenvalue weighted by Crippen LogP contribution is -2.33. The van der Waals surface area contributed by atoms with Crippen LogP contribution in [0, 0.1) is 0 Å². The molecule has 3 aromatic carbocycles. The summed E-state index contributed by atoms with van der Waals surface area (Å²) >= 11 is 6.30. The Bertz CT molecular complexity index is 1120. The highest BCUT2D eigenvalue weighted by Crippen LogP contribution is 2.48. The van der Waals surface area contributed by atoms with Crippen molar-refractivity contribution in [1.82, 2.24) is 5.01 Å². The van der Waals surface area contributed by atoms with Gasteiger partial charge in [-0.2, -0.15) is 5.10 Å². The zero-order chi connectivity index (χ0) is 20.7. The zero-order valence-electron chi connectivity index (χ0n) is 16.7. The molecule has 152 valence electrons. The SMILES string of the molecule is COc1ccc(C2=NN3[C@@H](c4ccccc4)Oc4ccc(Cl)cc4[C@@H]3C2)cc1OC. The Morgan fingerprint density at radius 3 is 2.53 bits per heavy atom. The fourth-order valence-electron chi connectivity index (χ4n) is 4.09. The molecule has 2 atom stereocenters. The van der Waals surface area contributed by atoms with Crippen LogP contribution in [0.15, 0.2) is 71.8 Å². The molecular formula is C24H21ClN2O3. The molecular weight excluding hydrogens is 400 g/mol. The first kappa shape index (κ1) is 18.8. The van der Waals surface area contributed by atoms with E-state index in [1.807, 2.05) is 59.6 Å². The second kappa shape index (κ2) is 7.58. The van der Waals surface area contributed by atoms with Gasteiger partial charge in [-0.3, -0.25) is 0 Å². The van der Waals surface area contributed by atoms with Crippen molar-refractivity contribution in [2.75, 3.05) is 14.2 Å². The fraction of sp³-hybridized carbons (Fsp3) is 0.208. The Hall–Kier alpha value is -3.18. The normalized spacial score (nSPS) is 19.4. The van der Waals surface area contributed by atoms with Crippen LogP contribution in [0.5, 0.6) is 17.2 Å². The largest absolute Gasteiger partial charge is 0.493 e. The molecule has 0 saturated heterocycles. The molecule has 0 aliphatic carbocycles. The highest BCUT2D eigenvalue weighted by Gasteiger charge is 2.41. The summed E-state index contributed by atoms with van der Waals surface area (Å²) in [5.41, 5.74) is 4.07. The molecule has 0 saturated carbocycles. The molecule has 6 heteroatoms. The summed E-state index contributed by atoms with van der Waals surface area (Å²) in [4.78, 5) is 0. The monoisotopic (exact) mass is 420 g/mol. The van der Waals surface area contributed by atoms with Gasteiger partial charge in [0.15, 0.2) is 11.5 Å². The summed E-state index contributed by atoms with van der Waals surface area (Å²) < 4.78 is 17.2. The quantitative estimate of drug-likeness (QED) is 0.551. The van der Waals surface area contributed by atoms with E-state index in [-0.39, 0.29) is 12.3 Å². The number of ether oxygens (including phenoxy) is 3. The molecule has 0 aromatic heterocycles. The van der Waals surface area contributed by atoms with Crippen LogP contribution in [0.2, 0.25) is 5.02 Å². The molecule has 0 radical (unpaired) electrons. The molecule has 0 N–H and O–H groups in total. The second-order valence-electron chi connectivity index (χ2n) is 7.28. The molecule has 3 aromatic rings. The van der Waals surface area contributed by atoms with Gasteiger partial charge in [0, 0.05) is 28.1 Å². The lowest BCUT2D eigenvalue weighted by Gasteiger charge is -2.38. The fourth-order valence-corrected chi connectivity index (χ4v) is 4.27. The predicted molar refractivity (Wildman–Crippen MR) is 117 cm³/mol. The molecule has 0 bridgehead atoms. The number of fused-ring (bicyclic) bond motifs is 3. The Labute approximate surface area is 180 Å². The van der Waals surface area contributed by atoms with Crippen LogP contribution >= 0.6 is 11.6 Å². The summed E-state index contributed by atoms with van der Waals surface area (Å²) in [5, 5.41) is 7.71. The van der Waals surface area contributed by atoms with E-state index < -0.39 is 0 Å². The van der Waals surface area contributed by atoms with E-state index in [9.17, 15) is 0 Å². The molecule has 2 aliphatic rings. The molecule has 5 rings (SSSR count). The van der Waals surface area contributed by atoms with Gasteiger partial charge < -0.3 is 14.2 Å². The number of halogens is 1. The van der Waals surface area contributed by atoms with Crippen LogP contribution < -0.4 is 14.2 Å². The average Bonchev–Trinajstić information content (AvgIpc) is 3.24. The molecule has 2 aliphatic heterocycles. The Morgan fingerprint density at radius 2 is 1.77 bits per heavy atom. The molecule has 0 unspecified atom stereocenters. The van der Waals surface area contributed by atoms with E-state index in [1.54, 1.807) is 14.2 Å². The van der Waals surface area contributed by atoms with Gasteiger partial charge >= 0.3 is 0 Å². The minimum absolute atomic E-state index is 0.0424.